The SMILES string of the molecule is O=C(O)c1ncc(OCc2cn3cc(C4CC4)ccc3n2)cc1Br. The monoisotopic (exact) mass is 387 g/mol. The number of aromatic carboxylic acids is 1. The van der Waals surface area contributed by atoms with Crippen LogP contribution in [0, 0.1) is 0 Å². The summed E-state index contributed by atoms with van der Waals surface area (Å²) >= 11 is 3.19. The highest BCUT2D eigenvalue weighted by atomic mass is 79.9. The summed E-state index contributed by atoms with van der Waals surface area (Å²) in [6.07, 6.45) is 8.02. The second-order valence-corrected chi connectivity index (χ2v) is 6.68. The van der Waals surface area contributed by atoms with E-state index in [1.54, 1.807) is 6.07 Å². The maximum atomic E-state index is 10.9. The molecular formula is C17H14BrN3O3. The van der Waals surface area contributed by atoms with Crippen molar-refractivity contribution < 1.29 is 14.6 Å². The standard InChI is InChI=1S/C17H14BrN3O3/c18-14-5-13(6-19-16(14)17(22)23)24-9-12-8-21-7-11(10-1-2-10)3-4-15(21)20-12/h3-8,10H,1-2,9H2,(H,22,23). The molecule has 1 aliphatic rings. The van der Waals surface area contributed by atoms with Gasteiger partial charge >= 0.3 is 5.97 Å². The van der Waals surface area contributed by atoms with E-state index in [9.17, 15) is 4.79 Å². The molecule has 122 valence electrons. The molecule has 0 bridgehead atoms. The third kappa shape index (κ3) is 2.99. The Morgan fingerprint density at radius 2 is 2.21 bits per heavy atom. The van der Waals surface area contributed by atoms with Crippen LogP contribution in [0.15, 0.2) is 41.3 Å². The molecule has 0 radical (unpaired) electrons. The summed E-state index contributed by atoms with van der Waals surface area (Å²) in [5.41, 5.74) is 3.01. The van der Waals surface area contributed by atoms with Gasteiger partial charge in [-0.15, -0.1) is 0 Å². The number of fused-ring (bicyclic) bond motifs is 1. The van der Waals surface area contributed by atoms with Crippen LogP contribution in [-0.2, 0) is 6.61 Å². The Balaban J connectivity index is 1.50. The lowest BCUT2D eigenvalue weighted by atomic mass is 10.2. The van der Waals surface area contributed by atoms with Crippen LogP contribution in [0.3, 0.4) is 0 Å². The van der Waals surface area contributed by atoms with E-state index in [1.807, 2.05) is 16.7 Å². The minimum absolute atomic E-state index is 0.0392. The first-order valence-corrected chi connectivity index (χ1v) is 8.38. The zero-order chi connectivity index (χ0) is 16.7. The van der Waals surface area contributed by atoms with Crippen molar-refractivity contribution >= 4 is 27.5 Å². The lowest BCUT2D eigenvalue weighted by molar-refractivity contribution is 0.0689. The zero-order valence-corrected chi connectivity index (χ0v) is 14.2. The Morgan fingerprint density at radius 1 is 1.38 bits per heavy atom. The van der Waals surface area contributed by atoms with Gasteiger partial charge in [-0.2, -0.15) is 0 Å². The molecule has 0 spiro atoms. The van der Waals surface area contributed by atoms with E-state index in [-0.39, 0.29) is 5.69 Å². The number of rotatable bonds is 5. The van der Waals surface area contributed by atoms with E-state index in [4.69, 9.17) is 9.84 Å². The van der Waals surface area contributed by atoms with Crippen LogP contribution in [0.4, 0.5) is 0 Å². The van der Waals surface area contributed by atoms with Gasteiger partial charge in [-0.25, -0.2) is 14.8 Å². The van der Waals surface area contributed by atoms with Gasteiger partial charge in [0.1, 0.15) is 18.0 Å². The minimum atomic E-state index is -1.08. The maximum Gasteiger partial charge on any atom is 0.355 e. The molecule has 0 saturated heterocycles. The number of pyridine rings is 2. The van der Waals surface area contributed by atoms with Crippen LogP contribution in [0.5, 0.6) is 5.75 Å². The molecule has 3 aromatic rings. The van der Waals surface area contributed by atoms with Crippen molar-refractivity contribution in [3.63, 3.8) is 0 Å². The Bertz CT molecular complexity index is 934. The molecule has 1 N–H and O–H groups in total. The average molecular weight is 388 g/mol. The van der Waals surface area contributed by atoms with Crippen molar-refractivity contribution in [2.45, 2.75) is 25.4 Å². The predicted octanol–water partition coefficient (Wildman–Crippen LogP) is 3.65. The van der Waals surface area contributed by atoms with Crippen LogP contribution in [0.1, 0.15) is 40.5 Å². The molecule has 0 amide bonds. The highest BCUT2D eigenvalue weighted by molar-refractivity contribution is 9.10. The fourth-order valence-corrected chi connectivity index (χ4v) is 3.10. The summed E-state index contributed by atoms with van der Waals surface area (Å²) in [6.45, 7) is 0.293. The lowest BCUT2D eigenvalue weighted by Gasteiger charge is -2.05. The Kier molecular flexibility index (Phi) is 3.72. The number of imidazole rings is 1. The Morgan fingerprint density at radius 3 is 2.92 bits per heavy atom. The van der Waals surface area contributed by atoms with E-state index < -0.39 is 5.97 Å². The first-order valence-electron chi connectivity index (χ1n) is 7.59. The molecule has 1 aliphatic carbocycles. The van der Waals surface area contributed by atoms with Crippen LogP contribution in [0.25, 0.3) is 5.65 Å². The van der Waals surface area contributed by atoms with E-state index >= 15 is 0 Å². The number of hydrogen-bond donors (Lipinski definition) is 1. The molecule has 0 unspecified atom stereocenters. The number of carbonyl (C=O) groups is 1. The fourth-order valence-electron chi connectivity index (χ4n) is 2.60. The molecule has 4 rings (SSSR count). The van der Waals surface area contributed by atoms with Gasteiger partial charge in [-0.1, -0.05) is 6.07 Å². The van der Waals surface area contributed by atoms with Crippen LogP contribution >= 0.6 is 15.9 Å². The number of nitrogens with zero attached hydrogens (tertiary/aromatic N) is 3. The normalized spacial score (nSPS) is 14.0. The molecule has 0 aromatic carbocycles. The van der Waals surface area contributed by atoms with Gasteiger partial charge in [0, 0.05) is 12.4 Å². The van der Waals surface area contributed by atoms with Gasteiger partial charge in [0.15, 0.2) is 5.69 Å². The molecule has 1 fully saturated rings. The summed E-state index contributed by atoms with van der Waals surface area (Å²) in [7, 11) is 0. The van der Waals surface area contributed by atoms with E-state index in [0.717, 1.165) is 11.3 Å². The molecule has 24 heavy (non-hydrogen) atoms. The number of carboxylic acid groups (broad SMARTS) is 1. The fraction of sp³-hybridized carbons (Fsp3) is 0.235. The average Bonchev–Trinajstić information content (AvgIpc) is 3.32. The van der Waals surface area contributed by atoms with E-state index in [1.165, 1.54) is 24.6 Å². The molecule has 1 saturated carbocycles. The third-order valence-electron chi connectivity index (χ3n) is 3.98. The van der Waals surface area contributed by atoms with Gasteiger partial charge in [0.2, 0.25) is 0 Å². The molecule has 0 atom stereocenters. The van der Waals surface area contributed by atoms with Crippen molar-refractivity contribution in [2.24, 2.45) is 0 Å². The summed E-state index contributed by atoms with van der Waals surface area (Å²) in [5, 5.41) is 8.96. The highest BCUT2D eigenvalue weighted by Gasteiger charge is 2.23. The molecule has 6 nitrogen and oxygen atoms in total. The first kappa shape index (κ1) is 15.1. The second kappa shape index (κ2) is 5.90. The maximum absolute atomic E-state index is 10.9. The number of carboxylic acids is 1. The molecule has 0 aliphatic heterocycles. The largest absolute Gasteiger partial charge is 0.486 e. The summed E-state index contributed by atoms with van der Waals surface area (Å²) in [6, 6.07) is 5.75. The van der Waals surface area contributed by atoms with Crippen LogP contribution in [0.2, 0.25) is 0 Å². The van der Waals surface area contributed by atoms with Gasteiger partial charge < -0.3 is 14.2 Å². The zero-order valence-electron chi connectivity index (χ0n) is 12.6. The first-order chi connectivity index (χ1) is 11.6. The van der Waals surface area contributed by atoms with Gasteiger partial charge in [-0.05, 0) is 52.4 Å². The number of ether oxygens (including phenoxy) is 1. The molecule has 3 aromatic heterocycles. The van der Waals surface area contributed by atoms with Crippen molar-refractivity contribution in [3.8, 4) is 5.75 Å². The summed E-state index contributed by atoms with van der Waals surface area (Å²) in [4.78, 5) is 19.3. The number of aromatic nitrogens is 3. The number of halogens is 1. The summed E-state index contributed by atoms with van der Waals surface area (Å²) in [5.74, 6) is 0.107. The second-order valence-electron chi connectivity index (χ2n) is 5.83. The van der Waals surface area contributed by atoms with Crippen molar-refractivity contribution in [2.75, 3.05) is 0 Å². The van der Waals surface area contributed by atoms with E-state index in [0.29, 0.717) is 22.7 Å². The summed E-state index contributed by atoms with van der Waals surface area (Å²) < 4.78 is 8.07. The molecule has 7 heteroatoms. The minimum Gasteiger partial charge on any atom is -0.486 e. The smallest absolute Gasteiger partial charge is 0.355 e. The topological polar surface area (TPSA) is 76.7 Å². The van der Waals surface area contributed by atoms with Crippen molar-refractivity contribution in [1.29, 1.82) is 0 Å². The van der Waals surface area contributed by atoms with Crippen molar-refractivity contribution in [1.82, 2.24) is 14.4 Å². The Labute approximate surface area is 146 Å². The van der Waals surface area contributed by atoms with E-state index in [2.05, 4.69) is 38.2 Å². The Hall–Kier alpha value is -2.41. The quantitative estimate of drug-likeness (QED) is 0.722. The molecule has 3 heterocycles. The lowest BCUT2D eigenvalue weighted by Crippen LogP contribution is -2.03. The third-order valence-corrected chi connectivity index (χ3v) is 4.58. The van der Waals surface area contributed by atoms with Gasteiger partial charge in [0.05, 0.1) is 16.4 Å². The van der Waals surface area contributed by atoms with Crippen molar-refractivity contribution in [3.05, 3.63) is 58.2 Å². The predicted molar refractivity (Wildman–Crippen MR) is 90.4 cm³/mol. The van der Waals surface area contributed by atoms with Crippen LogP contribution < -0.4 is 4.74 Å². The van der Waals surface area contributed by atoms with Gasteiger partial charge in [-0.3, -0.25) is 0 Å². The van der Waals surface area contributed by atoms with Crippen LogP contribution in [-0.4, -0.2) is 25.4 Å². The molecular weight excluding hydrogens is 374 g/mol. The highest BCUT2D eigenvalue weighted by Crippen LogP contribution is 2.39. The van der Waals surface area contributed by atoms with Gasteiger partial charge in [0.25, 0.3) is 0 Å². The number of hydrogen-bond acceptors (Lipinski definition) is 4.